The molecule has 0 aromatic carbocycles. The molecule has 9 heteroatoms. The molecule has 2 amide bonds. The van der Waals surface area contributed by atoms with Crippen molar-refractivity contribution in [3.05, 3.63) is 17.5 Å². The molecule has 8 nitrogen and oxygen atoms in total. The number of hydrogen-bond acceptors (Lipinski definition) is 6. The quantitative estimate of drug-likeness (QED) is 0.603. The Bertz CT molecular complexity index is 747. The largest absolute Gasteiger partial charge is 0.341 e. The second kappa shape index (κ2) is 7.26. The number of thioether (sulfide) groups is 1. The van der Waals surface area contributed by atoms with E-state index >= 15 is 0 Å². The first kappa shape index (κ1) is 18.5. The number of aromatic nitrogens is 4. The fourth-order valence-electron chi connectivity index (χ4n) is 4.30. The van der Waals surface area contributed by atoms with Crippen LogP contribution in [0.15, 0.2) is 11.6 Å². The van der Waals surface area contributed by atoms with Crippen LogP contribution in [0.5, 0.6) is 0 Å². The van der Waals surface area contributed by atoms with Gasteiger partial charge in [0.1, 0.15) is 17.5 Å². The average molecular weight is 391 g/mol. The van der Waals surface area contributed by atoms with E-state index in [2.05, 4.69) is 45.9 Å². The molecule has 3 heterocycles. The summed E-state index contributed by atoms with van der Waals surface area (Å²) in [6, 6.07) is -0.701. The summed E-state index contributed by atoms with van der Waals surface area (Å²) in [5.74, 6) is 0.405. The lowest BCUT2D eigenvalue weighted by molar-refractivity contribution is -0.151. The van der Waals surface area contributed by atoms with Crippen LogP contribution in [0.3, 0.4) is 0 Å². The van der Waals surface area contributed by atoms with Gasteiger partial charge in [-0.15, -0.1) is 22.0 Å². The van der Waals surface area contributed by atoms with Crippen molar-refractivity contribution >= 4 is 23.6 Å². The number of aromatic amines is 1. The minimum Gasteiger partial charge on any atom is -0.341 e. The highest BCUT2D eigenvalue weighted by Gasteiger charge is 2.63. The zero-order valence-corrected chi connectivity index (χ0v) is 16.6. The smallest absolute Gasteiger partial charge is 0.249 e. The summed E-state index contributed by atoms with van der Waals surface area (Å²) in [5.41, 5.74) is 1.21. The molecule has 2 N–H and O–H groups in total. The maximum Gasteiger partial charge on any atom is 0.249 e. The number of β-lactam (4-membered cyclic amide) rings is 1. The molecule has 1 aliphatic carbocycles. The van der Waals surface area contributed by atoms with E-state index in [0.717, 1.165) is 19.3 Å². The van der Waals surface area contributed by atoms with Gasteiger partial charge in [0.2, 0.25) is 11.8 Å². The number of allylic oxidation sites excluding steroid dienone is 1. The first-order chi connectivity index (χ1) is 13.0. The summed E-state index contributed by atoms with van der Waals surface area (Å²) in [6.07, 6.45) is 9.52. The lowest BCUT2D eigenvalue weighted by Gasteiger charge is -2.44. The number of hydrogen-bond donors (Lipinski definition) is 2. The van der Waals surface area contributed by atoms with Crippen molar-refractivity contribution in [3.63, 3.8) is 0 Å². The van der Waals surface area contributed by atoms with Gasteiger partial charge in [0.25, 0.3) is 0 Å². The fraction of sp³-hybridized carbons (Fsp3) is 0.722. The van der Waals surface area contributed by atoms with E-state index < -0.39 is 6.04 Å². The Hall–Kier alpha value is -1.90. The lowest BCUT2D eigenvalue weighted by atomic mass is 9.95. The number of nitrogens with one attached hydrogen (secondary N) is 2. The Morgan fingerprint density at radius 1 is 1.37 bits per heavy atom. The molecule has 2 aliphatic heterocycles. The van der Waals surface area contributed by atoms with Gasteiger partial charge in [-0.05, 0) is 39.5 Å². The van der Waals surface area contributed by atoms with Gasteiger partial charge in [0.05, 0.1) is 0 Å². The number of carbonyl (C=O) groups is 2. The van der Waals surface area contributed by atoms with Crippen LogP contribution in [-0.2, 0) is 9.59 Å². The molecule has 4 rings (SSSR count). The molecule has 2 fully saturated rings. The van der Waals surface area contributed by atoms with Gasteiger partial charge in [0.15, 0.2) is 5.82 Å². The minimum atomic E-state index is -0.465. The number of fused-ring (bicyclic) bond motifs is 1. The highest BCUT2D eigenvalue weighted by atomic mass is 32.2. The van der Waals surface area contributed by atoms with E-state index in [9.17, 15) is 9.59 Å². The van der Waals surface area contributed by atoms with Crippen LogP contribution < -0.4 is 5.32 Å². The number of amides is 2. The molecule has 146 valence electrons. The monoisotopic (exact) mass is 390 g/mol. The van der Waals surface area contributed by atoms with Gasteiger partial charge in [-0.25, -0.2) is 0 Å². The molecule has 3 aliphatic rings. The average Bonchev–Trinajstić information content (AvgIpc) is 3.19. The van der Waals surface area contributed by atoms with Crippen LogP contribution in [0.2, 0.25) is 0 Å². The van der Waals surface area contributed by atoms with Crippen LogP contribution in [0.25, 0.3) is 0 Å². The molecule has 0 bridgehead atoms. The van der Waals surface area contributed by atoms with E-state index in [1.807, 2.05) is 0 Å². The van der Waals surface area contributed by atoms with Crippen molar-refractivity contribution in [1.29, 1.82) is 0 Å². The molecule has 1 aromatic heterocycles. The van der Waals surface area contributed by atoms with Crippen molar-refractivity contribution in [3.8, 4) is 0 Å². The summed E-state index contributed by atoms with van der Waals surface area (Å²) >= 11 is 1.68. The maximum atomic E-state index is 12.8. The molecule has 27 heavy (non-hydrogen) atoms. The second-order valence-electron chi connectivity index (χ2n) is 8.07. The Balaban J connectivity index is 1.40. The second-order valence-corrected chi connectivity index (χ2v) is 9.84. The first-order valence-electron chi connectivity index (χ1n) is 9.68. The van der Waals surface area contributed by atoms with Crippen molar-refractivity contribution < 1.29 is 9.59 Å². The summed E-state index contributed by atoms with van der Waals surface area (Å²) in [7, 11) is 0. The van der Waals surface area contributed by atoms with Crippen LogP contribution in [0.4, 0.5) is 0 Å². The van der Waals surface area contributed by atoms with Gasteiger partial charge in [-0.1, -0.05) is 29.7 Å². The number of H-pyrrole nitrogens is 1. The van der Waals surface area contributed by atoms with Crippen LogP contribution in [0, 0.1) is 0 Å². The molecule has 0 radical (unpaired) electrons. The highest BCUT2D eigenvalue weighted by Crippen LogP contribution is 2.56. The predicted octanol–water partition coefficient (Wildman–Crippen LogP) is 2.09. The van der Waals surface area contributed by atoms with E-state index in [1.54, 1.807) is 16.7 Å². The Morgan fingerprint density at radius 3 is 2.96 bits per heavy atom. The minimum absolute atomic E-state index is 0.0544. The van der Waals surface area contributed by atoms with Crippen LogP contribution in [0.1, 0.15) is 70.7 Å². The topological polar surface area (TPSA) is 104 Å². The van der Waals surface area contributed by atoms with E-state index in [4.69, 9.17) is 0 Å². The van der Waals surface area contributed by atoms with Crippen molar-refractivity contribution in [2.45, 2.75) is 81.0 Å². The summed E-state index contributed by atoms with van der Waals surface area (Å²) < 4.78 is -0.244. The third-order valence-corrected chi connectivity index (χ3v) is 7.21. The SMILES string of the molecule is CC1(C)S[C@@H]2C(NC(=O)CC3=CCCCCCC3)C(=O)N2C1c1nn[nH]n1. The summed E-state index contributed by atoms with van der Waals surface area (Å²) in [5, 5.41) is 17.1. The standard InChI is InChI=1S/C18H26N6O2S/c1-18(2)14(15-20-22-23-21-15)24-16(26)13(17(24)27-18)19-12(25)10-11-8-6-4-3-5-7-9-11/h8,13-14,17H,3-7,9-10H2,1-2H3,(H,19,25)(H,20,21,22,23)/t13?,14?,17-/m1/s1. The van der Waals surface area contributed by atoms with E-state index in [1.165, 1.54) is 24.8 Å². The molecular weight excluding hydrogens is 364 g/mol. The molecule has 2 saturated heterocycles. The number of nitrogens with zero attached hydrogens (tertiary/aromatic N) is 4. The zero-order chi connectivity index (χ0) is 19.0. The molecular formula is C18H26N6O2S. The third-order valence-electron chi connectivity index (χ3n) is 5.64. The van der Waals surface area contributed by atoms with Crippen molar-refractivity contribution in [1.82, 2.24) is 30.8 Å². The molecule has 0 spiro atoms. The fourth-order valence-corrected chi connectivity index (χ4v) is 5.93. The van der Waals surface area contributed by atoms with Gasteiger partial charge in [0, 0.05) is 11.2 Å². The maximum absolute atomic E-state index is 12.8. The van der Waals surface area contributed by atoms with E-state index in [0.29, 0.717) is 12.2 Å². The Labute approximate surface area is 162 Å². The first-order valence-corrected chi connectivity index (χ1v) is 10.6. The summed E-state index contributed by atoms with van der Waals surface area (Å²) in [6.45, 7) is 4.14. The van der Waals surface area contributed by atoms with Gasteiger partial charge in [-0.2, -0.15) is 5.21 Å². The van der Waals surface area contributed by atoms with Gasteiger partial charge < -0.3 is 10.2 Å². The molecule has 3 atom stereocenters. The van der Waals surface area contributed by atoms with Crippen LogP contribution >= 0.6 is 11.8 Å². The van der Waals surface area contributed by atoms with Crippen LogP contribution in [-0.4, -0.2) is 53.5 Å². The molecule has 2 unspecified atom stereocenters. The Morgan fingerprint density at radius 2 is 2.19 bits per heavy atom. The predicted molar refractivity (Wildman–Crippen MR) is 102 cm³/mol. The van der Waals surface area contributed by atoms with Gasteiger partial charge in [-0.3, -0.25) is 9.59 Å². The number of carbonyl (C=O) groups excluding carboxylic acids is 2. The van der Waals surface area contributed by atoms with E-state index in [-0.39, 0.29) is 28.0 Å². The Kier molecular flexibility index (Phi) is 4.96. The zero-order valence-electron chi connectivity index (χ0n) is 15.8. The van der Waals surface area contributed by atoms with Crippen molar-refractivity contribution in [2.24, 2.45) is 0 Å². The third kappa shape index (κ3) is 3.49. The highest BCUT2D eigenvalue weighted by molar-refractivity contribution is 8.01. The molecule has 0 saturated carbocycles. The van der Waals surface area contributed by atoms with Gasteiger partial charge >= 0.3 is 0 Å². The summed E-state index contributed by atoms with van der Waals surface area (Å²) in [4.78, 5) is 27.1. The number of rotatable bonds is 4. The molecule has 1 aromatic rings. The normalized spacial score (nSPS) is 30.0. The lowest BCUT2D eigenvalue weighted by Crippen LogP contribution is -2.67. The van der Waals surface area contributed by atoms with Crippen molar-refractivity contribution in [2.75, 3.05) is 0 Å². The number of tetrazole rings is 1.